The Morgan fingerprint density at radius 2 is 1.71 bits per heavy atom. The summed E-state index contributed by atoms with van der Waals surface area (Å²) in [4.78, 5) is 17.5. The van der Waals surface area contributed by atoms with Gasteiger partial charge in [-0.15, -0.1) is 0 Å². The van der Waals surface area contributed by atoms with Gasteiger partial charge in [0.25, 0.3) is 0 Å². The van der Waals surface area contributed by atoms with Crippen molar-refractivity contribution in [1.29, 1.82) is 0 Å². The summed E-state index contributed by atoms with van der Waals surface area (Å²) in [5, 5.41) is 10.5. The number of carbonyl (C=O) groups excluding carboxylic acids is 1. The molecule has 0 saturated carbocycles. The molecule has 0 aliphatic carbocycles. The fraction of sp³-hybridized carbons (Fsp3) is 0.375. The molecule has 4 rings (SSSR count). The number of piperazine rings is 1. The summed E-state index contributed by atoms with van der Waals surface area (Å²) in [6.07, 6.45) is 1.64. The van der Waals surface area contributed by atoms with Crippen LogP contribution in [0.4, 0.5) is 0 Å². The predicted molar refractivity (Wildman–Crippen MR) is 118 cm³/mol. The van der Waals surface area contributed by atoms with E-state index in [1.54, 1.807) is 24.3 Å². The van der Waals surface area contributed by atoms with Gasteiger partial charge in [0.15, 0.2) is 17.3 Å². The van der Waals surface area contributed by atoms with Crippen molar-refractivity contribution in [2.45, 2.75) is 13.5 Å². The monoisotopic (exact) mass is 424 g/mol. The highest BCUT2D eigenvalue weighted by Gasteiger charge is 2.29. The van der Waals surface area contributed by atoms with Crippen LogP contribution in [0.3, 0.4) is 0 Å². The summed E-state index contributed by atoms with van der Waals surface area (Å²) in [6.45, 7) is 8.06. The van der Waals surface area contributed by atoms with E-state index in [2.05, 4.69) is 16.7 Å². The van der Waals surface area contributed by atoms with Crippen LogP contribution in [0.5, 0.6) is 23.0 Å². The summed E-state index contributed by atoms with van der Waals surface area (Å²) in [5.41, 5.74) is 2.01. The van der Waals surface area contributed by atoms with Crippen LogP contribution in [0.2, 0.25) is 0 Å². The van der Waals surface area contributed by atoms with Gasteiger partial charge in [-0.05, 0) is 30.3 Å². The second-order valence-corrected chi connectivity index (χ2v) is 7.74. The topological polar surface area (TPSA) is 71.5 Å². The fourth-order valence-corrected chi connectivity index (χ4v) is 3.98. The Bertz CT molecular complexity index is 1010. The number of allylic oxidation sites excluding steroid dienone is 1. The molecule has 2 aromatic carbocycles. The molecular weight excluding hydrogens is 396 g/mol. The molecule has 1 N–H and O–H groups in total. The van der Waals surface area contributed by atoms with Crippen LogP contribution in [-0.4, -0.2) is 67.6 Å². The van der Waals surface area contributed by atoms with Crippen molar-refractivity contribution in [2.75, 3.05) is 46.9 Å². The normalized spacial score (nSPS) is 18.2. The van der Waals surface area contributed by atoms with E-state index in [4.69, 9.17) is 14.2 Å². The highest BCUT2D eigenvalue weighted by Crippen LogP contribution is 2.40. The van der Waals surface area contributed by atoms with Gasteiger partial charge in [0.1, 0.15) is 11.5 Å². The molecule has 1 saturated heterocycles. The number of aromatic hydroxyl groups is 1. The van der Waals surface area contributed by atoms with Gasteiger partial charge < -0.3 is 24.2 Å². The number of ether oxygens (including phenoxy) is 3. The van der Waals surface area contributed by atoms with Crippen LogP contribution in [0.15, 0.2) is 36.1 Å². The lowest BCUT2D eigenvalue weighted by molar-refractivity contribution is 0.101. The van der Waals surface area contributed by atoms with Crippen LogP contribution in [0.25, 0.3) is 6.08 Å². The number of nitrogens with zero attached hydrogens (tertiary/aromatic N) is 2. The van der Waals surface area contributed by atoms with E-state index in [1.807, 2.05) is 12.1 Å². The Hall–Kier alpha value is -3.03. The van der Waals surface area contributed by atoms with E-state index in [0.29, 0.717) is 34.9 Å². The maximum atomic E-state index is 12.8. The second-order valence-electron chi connectivity index (χ2n) is 7.74. The van der Waals surface area contributed by atoms with Crippen molar-refractivity contribution in [2.24, 2.45) is 0 Å². The molecule has 0 atom stereocenters. The third-order valence-electron chi connectivity index (χ3n) is 5.89. The number of likely N-dealkylation sites (N-methyl/N-ethyl adjacent to an activating group) is 1. The van der Waals surface area contributed by atoms with Crippen LogP contribution in [0.1, 0.15) is 28.4 Å². The number of hydrogen-bond acceptors (Lipinski definition) is 7. The van der Waals surface area contributed by atoms with E-state index in [1.165, 1.54) is 14.2 Å². The maximum absolute atomic E-state index is 12.8. The molecule has 2 aliphatic heterocycles. The average Bonchev–Trinajstić information content (AvgIpc) is 3.09. The van der Waals surface area contributed by atoms with E-state index < -0.39 is 0 Å². The molecule has 2 aliphatic rings. The molecular formula is C24H28N2O5. The standard InChI is InChI=1S/C24H28N2O5/c1-4-25-7-9-26(10-8-25)15-17-6-5-16(11-19(17)27)12-23-24(28)18-13-21(29-2)22(30-3)14-20(18)31-23/h5-6,11-14,27H,4,7-10,15H2,1-3H3/b23-12-. The molecule has 0 radical (unpaired) electrons. The molecule has 2 aromatic rings. The Morgan fingerprint density at radius 1 is 1.03 bits per heavy atom. The summed E-state index contributed by atoms with van der Waals surface area (Å²) in [7, 11) is 3.06. The summed E-state index contributed by atoms with van der Waals surface area (Å²) in [5.74, 6) is 1.60. The molecule has 0 spiro atoms. The lowest BCUT2D eigenvalue weighted by atomic mass is 10.1. The number of rotatable bonds is 6. The lowest BCUT2D eigenvalue weighted by Crippen LogP contribution is -2.45. The fourth-order valence-electron chi connectivity index (χ4n) is 3.98. The Morgan fingerprint density at radius 3 is 2.35 bits per heavy atom. The quantitative estimate of drug-likeness (QED) is 0.714. The summed E-state index contributed by atoms with van der Waals surface area (Å²) >= 11 is 0. The number of benzene rings is 2. The van der Waals surface area contributed by atoms with Gasteiger partial charge in [-0.3, -0.25) is 9.69 Å². The molecule has 0 amide bonds. The number of fused-ring (bicyclic) bond motifs is 1. The van der Waals surface area contributed by atoms with Crippen LogP contribution >= 0.6 is 0 Å². The van der Waals surface area contributed by atoms with E-state index in [-0.39, 0.29) is 17.3 Å². The van der Waals surface area contributed by atoms with Gasteiger partial charge in [-0.25, -0.2) is 0 Å². The molecule has 31 heavy (non-hydrogen) atoms. The number of methoxy groups -OCH3 is 2. The minimum atomic E-state index is -0.228. The SMILES string of the molecule is CCN1CCN(Cc2ccc(/C=C3\Oc4cc(OC)c(OC)cc4C3=O)cc2O)CC1. The molecule has 0 unspecified atom stereocenters. The third kappa shape index (κ3) is 4.38. The Kier molecular flexibility index (Phi) is 6.15. The molecule has 2 heterocycles. The predicted octanol–water partition coefficient (Wildman–Crippen LogP) is 3.16. The Labute approximate surface area is 182 Å². The first kappa shape index (κ1) is 21.2. The number of carbonyl (C=O) groups is 1. The first-order chi connectivity index (χ1) is 15.0. The molecule has 0 bridgehead atoms. The minimum Gasteiger partial charge on any atom is -0.508 e. The van der Waals surface area contributed by atoms with Crippen LogP contribution in [-0.2, 0) is 6.54 Å². The van der Waals surface area contributed by atoms with Gasteiger partial charge in [-0.2, -0.15) is 0 Å². The zero-order chi connectivity index (χ0) is 22.0. The van der Waals surface area contributed by atoms with Gasteiger partial charge >= 0.3 is 0 Å². The molecule has 164 valence electrons. The summed E-state index contributed by atoms with van der Waals surface area (Å²) < 4.78 is 16.3. The first-order valence-corrected chi connectivity index (χ1v) is 10.5. The number of phenols is 1. The minimum absolute atomic E-state index is 0.202. The van der Waals surface area contributed by atoms with Gasteiger partial charge in [0.2, 0.25) is 5.78 Å². The highest BCUT2D eigenvalue weighted by molar-refractivity contribution is 6.14. The number of phenolic OH excluding ortho intramolecular Hbond substituents is 1. The van der Waals surface area contributed by atoms with E-state index >= 15 is 0 Å². The largest absolute Gasteiger partial charge is 0.508 e. The number of Topliss-reactive ketones (excluding diaryl/α,β-unsaturated/α-hetero) is 1. The molecule has 7 nitrogen and oxygen atoms in total. The van der Waals surface area contributed by atoms with Crippen LogP contribution in [0, 0.1) is 0 Å². The zero-order valence-corrected chi connectivity index (χ0v) is 18.2. The second kappa shape index (κ2) is 8.99. The summed E-state index contributed by atoms with van der Waals surface area (Å²) in [6, 6.07) is 8.74. The number of ketones is 1. The molecule has 1 fully saturated rings. The first-order valence-electron chi connectivity index (χ1n) is 10.5. The van der Waals surface area contributed by atoms with Crippen molar-refractivity contribution in [3.05, 3.63) is 52.8 Å². The lowest BCUT2D eigenvalue weighted by Gasteiger charge is -2.34. The average molecular weight is 424 g/mol. The molecule has 0 aromatic heterocycles. The van der Waals surface area contributed by atoms with Crippen molar-refractivity contribution in [3.8, 4) is 23.0 Å². The molecule has 7 heteroatoms. The Balaban J connectivity index is 1.49. The maximum Gasteiger partial charge on any atom is 0.232 e. The van der Waals surface area contributed by atoms with Crippen molar-refractivity contribution >= 4 is 11.9 Å². The van der Waals surface area contributed by atoms with Gasteiger partial charge in [0, 0.05) is 44.4 Å². The van der Waals surface area contributed by atoms with Crippen molar-refractivity contribution in [1.82, 2.24) is 9.80 Å². The zero-order valence-electron chi connectivity index (χ0n) is 18.2. The highest BCUT2D eigenvalue weighted by atomic mass is 16.5. The van der Waals surface area contributed by atoms with E-state index in [9.17, 15) is 9.90 Å². The van der Waals surface area contributed by atoms with Gasteiger partial charge in [-0.1, -0.05) is 19.1 Å². The van der Waals surface area contributed by atoms with Crippen molar-refractivity contribution in [3.63, 3.8) is 0 Å². The van der Waals surface area contributed by atoms with Crippen LogP contribution < -0.4 is 14.2 Å². The van der Waals surface area contributed by atoms with Crippen molar-refractivity contribution < 1.29 is 24.1 Å². The number of hydrogen-bond donors (Lipinski definition) is 1. The van der Waals surface area contributed by atoms with E-state index in [0.717, 1.165) is 38.3 Å². The van der Waals surface area contributed by atoms with Gasteiger partial charge in [0.05, 0.1) is 19.8 Å². The smallest absolute Gasteiger partial charge is 0.232 e. The third-order valence-corrected chi connectivity index (χ3v) is 5.89.